The normalized spacial score (nSPS) is 10.0. The standard InChI is InChI=1S/C13H10O3/c1-3-6-15-11-5-4-10-7-9(2)13(14)16-12(10)8-11/h1,4-5,7-8H,6H2,2H3. The van der Waals surface area contributed by atoms with Crippen molar-refractivity contribution in [3.05, 3.63) is 40.2 Å². The number of ether oxygens (including phenoxy) is 1. The Morgan fingerprint density at radius 1 is 1.44 bits per heavy atom. The van der Waals surface area contributed by atoms with Crippen LogP contribution in [-0.2, 0) is 0 Å². The zero-order valence-corrected chi connectivity index (χ0v) is 8.82. The number of rotatable bonds is 2. The van der Waals surface area contributed by atoms with Crippen molar-refractivity contribution in [3.8, 4) is 18.1 Å². The Morgan fingerprint density at radius 3 is 3.00 bits per heavy atom. The summed E-state index contributed by atoms with van der Waals surface area (Å²) in [6, 6.07) is 7.07. The molecule has 16 heavy (non-hydrogen) atoms. The van der Waals surface area contributed by atoms with Gasteiger partial charge in [0.15, 0.2) is 0 Å². The Labute approximate surface area is 92.7 Å². The molecule has 1 heterocycles. The van der Waals surface area contributed by atoms with Crippen LogP contribution in [0.4, 0.5) is 0 Å². The van der Waals surface area contributed by atoms with Crippen LogP contribution in [0.5, 0.6) is 5.75 Å². The first-order valence-corrected chi connectivity index (χ1v) is 4.81. The predicted molar refractivity (Wildman–Crippen MR) is 61.5 cm³/mol. The fourth-order valence-corrected chi connectivity index (χ4v) is 1.41. The van der Waals surface area contributed by atoms with Crippen molar-refractivity contribution in [2.24, 2.45) is 0 Å². The lowest BCUT2D eigenvalue weighted by atomic mass is 10.2. The number of aryl methyl sites for hydroxylation is 1. The average Bonchev–Trinajstić information content (AvgIpc) is 2.28. The average molecular weight is 214 g/mol. The van der Waals surface area contributed by atoms with E-state index >= 15 is 0 Å². The van der Waals surface area contributed by atoms with Gasteiger partial charge in [-0.05, 0) is 25.1 Å². The molecule has 0 saturated carbocycles. The van der Waals surface area contributed by atoms with Gasteiger partial charge in [-0.2, -0.15) is 0 Å². The Balaban J connectivity index is 2.50. The molecule has 0 fully saturated rings. The van der Waals surface area contributed by atoms with E-state index in [9.17, 15) is 4.79 Å². The van der Waals surface area contributed by atoms with Crippen LogP contribution in [-0.4, -0.2) is 6.61 Å². The van der Waals surface area contributed by atoms with Gasteiger partial charge in [0.2, 0.25) is 0 Å². The van der Waals surface area contributed by atoms with Crippen LogP contribution in [0.1, 0.15) is 5.56 Å². The van der Waals surface area contributed by atoms with E-state index in [0.717, 1.165) is 5.39 Å². The first-order valence-electron chi connectivity index (χ1n) is 4.81. The topological polar surface area (TPSA) is 39.4 Å². The molecule has 0 N–H and O–H groups in total. The summed E-state index contributed by atoms with van der Waals surface area (Å²) in [5.41, 5.74) is 0.761. The summed E-state index contributed by atoms with van der Waals surface area (Å²) in [6.45, 7) is 1.91. The first kappa shape index (κ1) is 10.3. The van der Waals surface area contributed by atoms with Gasteiger partial charge in [0, 0.05) is 17.0 Å². The van der Waals surface area contributed by atoms with Crippen LogP contribution in [0.15, 0.2) is 33.5 Å². The molecular formula is C13H10O3. The van der Waals surface area contributed by atoms with Crippen LogP contribution >= 0.6 is 0 Å². The summed E-state index contributed by atoms with van der Waals surface area (Å²) in [7, 11) is 0. The molecule has 0 bridgehead atoms. The number of fused-ring (bicyclic) bond motifs is 1. The summed E-state index contributed by atoms with van der Waals surface area (Å²) in [6.07, 6.45) is 5.08. The maximum Gasteiger partial charge on any atom is 0.339 e. The highest BCUT2D eigenvalue weighted by Gasteiger charge is 2.02. The Morgan fingerprint density at radius 2 is 2.25 bits per heavy atom. The number of terminal acetylenes is 1. The van der Waals surface area contributed by atoms with Gasteiger partial charge in [-0.25, -0.2) is 4.79 Å². The Kier molecular flexibility index (Phi) is 2.65. The fourth-order valence-electron chi connectivity index (χ4n) is 1.41. The zero-order chi connectivity index (χ0) is 11.5. The van der Waals surface area contributed by atoms with Crippen molar-refractivity contribution in [2.75, 3.05) is 6.61 Å². The molecule has 0 aliphatic rings. The van der Waals surface area contributed by atoms with Gasteiger partial charge >= 0.3 is 5.63 Å². The van der Waals surface area contributed by atoms with Gasteiger partial charge in [-0.3, -0.25) is 0 Å². The fraction of sp³-hybridized carbons (Fsp3) is 0.154. The zero-order valence-electron chi connectivity index (χ0n) is 8.82. The van der Waals surface area contributed by atoms with E-state index in [-0.39, 0.29) is 12.2 Å². The highest BCUT2D eigenvalue weighted by molar-refractivity contribution is 5.78. The summed E-state index contributed by atoms with van der Waals surface area (Å²) < 4.78 is 10.4. The molecule has 0 aliphatic carbocycles. The van der Waals surface area contributed by atoms with Crippen molar-refractivity contribution < 1.29 is 9.15 Å². The molecule has 0 saturated heterocycles. The van der Waals surface area contributed by atoms with Gasteiger partial charge in [0.25, 0.3) is 0 Å². The minimum atomic E-state index is -0.332. The smallest absolute Gasteiger partial charge is 0.339 e. The van der Waals surface area contributed by atoms with Crippen LogP contribution in [0.2, 0.25) is 0 Å². The van der Waals surface area contributed by atoms with Crippen molar-refractivity contribution >= 4 is 11.0 Å². The predicted octanol–water partition coefficient (Wildman–Crippen LogP) is 2.11. The second-order valence-corrected chi connectivity index (χ2v) is 3.41. The molecule has 3 heteroatoms. The highest BCUT2D eigenvalue weighted by atomic mass is 16.5. The van der Waals surface area contributed by atoms with E-state index in [4.69, 9.17) is 15.6 Å². The minimum absolute atomic E-state index is 0.196. The maximum absolute atomic E-state index is 11.3. The molecular weight excluding hydrogens is 204 g/mol. The molecule has 0 unspecified atom stereocenters. The van der Waals surface area contributed by atoms with Crippen LogP contribution in [0.3, 0.4) is 0 Å². The number of hydrogen-bond acceptors (Lipinski definition) is 3. The molecule has 3 nitrogen and oxygen atoms in total. The molecule has 0 aliphatic heterocycles. The van der Waals surface area contributed by atoms with Crippen LogP contribution in [0.25, 0.3) is 11.0 Å². The van der Waals surface area contributed by atoms with Crippen molar-refractivity contribution in [3.63, 3.8) is 0 Å². The number of hydrogen-bond donors (Lipinski definition) is 0. The summed E-state index contributed by atoms with van der Waals surface area (Å²) in [5.74, 6) is 2.97. The van der Waals surface area contributed by atoms with Crippen molar-refractivity contribution in [2.45, 2.75) is 6.92 Å². The third-order valence-electron chi connectivity index (χ3n) is 2.20. The van der Waals surface area contributed by atoms with E-state index < -0.39 is 0 Å². The van der Waals surface area contributed by atoms with E-state index in [2.05, 4.69) is 5.92 Å². The Bertz CT molecular complexity index is 617. The summed E-state index contributed by atoms with van der Waals surface area (Å²) in [5, 5.41) is 0.866. The van der Waals surface area contributed by atoms with E-state index in [1.54, 1.807) is 25.1 Å². The van der Waals surface area contributed by atoms with Crippen LogP contribution < -0.4 is 10.4 Å². The lowest BCUT2D eigenvalue weighted by Gasteiger charge is -2.03. The van der Waals surface area contributed by atoms with Gasteiger partial charge in [0.05, 0.1) is 0 Å². The van der Waals surface area contributed by atoms with Crippen molar-refractivity contribution in [1.29, 1.82) is 0 Å². The van der Waals surface area contributed by atoms with Gasteiger partial charge in [0.1, 0.15) is 17.9 Å². The SMILES string of the molecule is C#CCOc1ccc2cc(C)c(=O)oc2c1. The molecule has 0 amide bonds. The minimum Gasteiger partial charge on any atom is -0.481 e. The van der Waals surface area contributed by atoms with Crippen molar-refractivity contribution in [1.82, 2.24) is 0 Å². The van der Waals surface area contributed by atoms with E-state index in [1.807, 2.05) is 6.07 Å². The molecule has 0 atom stereocenters. The largest absolute Gasteiger partial charge is 0.481 e. The molecule has 0 spiro atoms. The van der Waals surface area contributed by atoms with E-state index in [1.165, 1.54) is 0 Å². The molecule has 2 rings (SSSR count). The van der Waals surface area contributed by atoms with Gasteiger partial charge in [-0.15, -0.1) is 6.42 Å². The molecule has 80 valence electrons. The third-order valence-corrected chi connectivity index (χ3v) is 2.20. The molecule has 0 radical (unpaired) electrons. The lowest BCUT2D eigenvalue weighted by Crippen LogP contribution is -2.02. The third kappa shape index (κ3) is 1.91. The van der Waals surface area contributed by atoms with Gasteiger partial charge in [-0.1, -0.05) is 5.92 Å². The second kappa shape index (κ2) is 4.11. The maximum atomic E-state index is 11.3. The monoisotopic (exact) mass is 214 g/mol. The molecule has 1 aromatic carbocycles. The van der Waals surface area contributed by atoms with E-state index in [0.29, 0.717) is 16.9 Å². The lowest BCUT2D eigenvalue weighted by molar-refractivity contribution is 0.370. The molecule has 1 aromatic heterocycles. The first-order chi connectivity index (χ1) is 7.70. The Hall–Kier alpha value is -2.21. The van der Waals surface area contributed by atoms with Gasteiger partial charge < -0.3 is 9.15 Å². The summed E-state index contributed by atoms with van der Waals surface area (Å²) in [4.78, 5) is 11.3. The van der Waals surface area contributed by atoms with Crippen LogP contribution in [0, 0.1) is 19.3 Å². The summed E-state index contributed by atoms with van der Waals surface area (Å²) >= 11 is 0. The highest BCUT2D eigenvalue weighted by Crippen LogP contribution is 2.20. The molecule has 2 aromatic rings. The quantitative estimate of drug-likeness (QED) is 0.567. The number of benzene rings is 1. The second-order valence-electron chi connectivity index (χ2n) is 3.41.